The molecule has 4 nitrogen and oxygen atoms in total. The van der Waals surface area contributed by atoms with Crippen molar-refractivity contribution in [3.05, 3.63) is 47.8 Å². The first kappa shape index (κ1) is 12.6. The van der Waals surface area contributed by atoms with Crippen LogP contribution in [0, 0.1) is 0 Å². The molecule has 0 amide bonds. The Morgan fingerprint density at radius 1 is 1.33 bits per heavy atom. The zero-order valence-corrected chi connectivity index (χ0v) is 10.8. The maximum atomic E-state index is 6.18. The van der Waals surface area contributed by atoms with Gasteiger partial charge in [0.15, 0.2) is 0 Å². The first-order valence-corrected chi connectivity index (χ1v) is 6.15. The summed E-state index contributed by atoms with van der Waals surface area (Å²) in [5.41, 5.74) is 8.45. The molecule has 1 atom stereocenters. The van der Waals surface area contributed by atoms with Gasteiger partial charge in [-0.25, -0.2) is 0 Å². The van der Waals surface area contributed by atoms with E-state index in [1.54, 1.807) is 4.68 Å². The van der Waals surface area contributed by atoms with Crippen LogP contribution in [0.3, 0.4) is 0 Å². The minimum absolute atomic E-state index is 0.00937. The van der Waals surface area contributed by atoms with Crippen molar-refractivity contribution in [3.63, 3.8) is 0 Å². The molecular formula is C14H19N3O. The van der Waals surface area contributed by atoms with E-state index < -0.39 is 0 Å². The number of ether oxygens (including phenoxy) is 1. The van der Waals surface area contributed by atoms with Crippen LogP contribution in [0.2, 0.25) is 0 Å². The van der Waals surface area contributed by atoms with Crippen LogP contribution in [-0.4, -0.2) is 16.4 Å². The smallest absolute Gasteiger partial charge is 0.119 e. The van der Waals surface area contributed by atoms with Crippen molar-refractivity contribution >= 4 is 0 Å². The summed E-state index contributed by atoms with van der Waals surface area (Å²) >= 11 is 0. The van der Waals surface area contributed by atoms with E-state index in [4.69, 9.17) is 10.5 Å². The van der Waals surface area contributed by atoms with E-state index in [0.29, 0.717) is 6.61 Å². The topological polar surface area (TPSA) is 53.1 Å². The van der Waals surface area contributed by atoms with Gasteiger partial charge >= 0.3 is 0 Å². The Kier molecular flexibility index (Phi) is 3.99. The van der Waals surface area contributed by atoms with Gasteiger partial charge in [-0.3, -0.25) is 4.68 Å². The minimum atomic E-state index is -0.00937. The summed E-state index contributed by atoms with van der Waals surface area (Å²) in [6, 6.07) is 7.95. The van der Waals surface area contributed by atoms with E-state index in [0.717, 1.165) is 23.3 Å². The number of rotatable bonds is 5. The molecule has 1 aromatic heterocycles. The quantitative estimate of drug-likeness (QED) is 0.877. The van der Waals surface area contributed by atoms with E-state index >= 15 is 0 Å². The van der Waals surface area contributed by atoms with Crippen LogP contribution in [0.5, 0.6) is 5.75 Å². The van der Waals surface area contributed by atoms with Crippen LogP contribution in [0.4, 0.5) is 0 Å². The number of aryl methyl sites for hydroxylation is 1. The average molecular weight is 245 g/mol. The molecule has 0 saturated heterocycles. The van der Waals surface area contributed by atoms with Crippen molar-refractivity contribution < 1.29 is 4.74 Å². The Labute approximate surface area is 107 Å². The highest BCUT2D eigenvalue weighted by Crippen LogP contribution is 2.19. The number of nitrogens with two attached hydrogens (primary N) is 1. The van der Waals surface area contributed by atoms with Gasteiger partial charge in [0.25, 0.3) is 0 Å². The van der Waals surface area contributed by atoms with Gasteiger partial charge in [0.05, 0.1) is 12.8 Å². The average Bonchev–Trinajstić information content (AvgIpc) is 2.76. The van der Waals surface area contributed by atoms with Crippen molar-refractivity contribution in [2.24, 2.45) is 12.8 Å². The summed E-state index contributed by atoms with van der Waals surface area (Å²) < 4.78 is 7.20. The van der Waals surface area contributed by atoms with Gasteiger partial charge in [0, 0.05) is 19.3 Å². The number of nitrogens with zero attached hydrogens (tertiary/aromatic N) is 2. The lowest BCUT2D eigenvalue weighted by molar-refractivity contribution is 0.340. The normalized spacial score (nSPS) is 12.4. The molecule has 1 unspecified atom stereocenters. The van der Waals surface area contributed by atoms with Gasteiger partial charge < -0.3 is 10.5 Å². The molecule has 4 heteroatoms. The molecule has 2 N–H and O–H groups in total. The van der Waals surface area contributed by atoms with Gasteiger partial charge in [-0.15, -0.1) is 0 Å². The monoisotopic (exact) mass is 245 g/mol. The van der Waals surface area contributed by atoms with Crippen LogP contribution in [0.1, 0.15) is 24.1 Å². The molecule has 1 aromatic carbocycles. The Morgan fingerprint density at radius 3 is 2.61 bits per heavy atom. The third kappa shape index (κ3) is 3.11. The van der Waals surface area contributed by atoms with Crippen molar-refractivity contribution in [1.29, 1.82) is 0 Å². The van der Waals surface area contributed by atoms with Crippen molar-refractivity contribution in [2.45, 2.75) is 19.4 Å². The molecule has 2 aromatic rings. The fourth-order valence-corrected chi connectivity index (χ4v) is 1.93. The van der Waals surface area contributed by atoms with Crippen LogP contribution >= 0.6 is 0 Å². The summed E-state index contributed by atoms with van der Waals surface area (Å²) in [4.78, 5) is 0. The lowest BCUT2D eigenvalue weighted by atomic mass is 10.0. The highest BCUT2D eigenvalue weighted by molar-refractivity contribution is 5.29. The second-order valence-electron chi connectivity index (χ2n) is 4.33. The Morgan fingerprint density at radius 2 is 2.06 bits per heavy atom. The maximum Gasteiger partial charge on any atom is 0.119 e. The standard InChI is InChI=1S/C14H19N3O/c1-3-18-13-6-4-12(5-7-13)14(15)8-11-9-16-17(2)10-11/h4-7,9-10,14H,3,8,15H2,1-2H3. The molecule has 0 saturated carbocycles. The first-order chi connectivity index (χ1) is 8.69. The summed E-state index contributed by atoms with van der Waals surface area (Å²) in [5, 5.41) is 4.14. The number of hydrogen-bond acceptors (Lipinski definition) is 3. The highest BCUT2D eigenvalue weighted by atomic mass is 16.5. The number of benzene rings is 1. The molecular weight excluding hydrogens is 226 g/mol. The van der Waals surface area contributed by atoms with Crippen LogP contribution < -0.4 is 10.5 Å². The minimum Gasteiger partial charge on any atom is -0.494 e. The predicted octanol–water partition coefficient (Wildman–Crippen LogP) is 2.06. The lowest BCUT2D eigenvalue weighted by Gasteiger charge is -2.11. The summed E-state index contributed by atoms with van der Waals surface area (Å²) in [5.74, 6) is 0.884. The zero-order valence-electron chi connectivity index (χ0n) is 10.8. The van der Waals surface area contributed by atoms with Crippen LogP contribution in [0.15, 0.2) is 36.7 Å². The van der Waals surface area contributed by atoms with Crippen molar-refractivity contribution in [3.8, 4) is 5.75 Å². The van der Waals surface area contributed by atoms with Gasteiger partial charge in [-0.2, -0.15) is 5.10 Å². The third-order valence-electron chi connectivity index (χ3n) is 2.83. The van der Waals surface area contributed by atoms with E-state index in [2.05, 4.69) is 5.10 Å². The summed E-state index contributed by atoms with van der Waals surface area (Å²) in [6.45, 7) is 2.66. The molecule has 0 spiro atoms. The third-order valence-corrected chi connectivity index (χ3v) is 2.83. The molecule has 1 heterocycles. The Balaban J connectivity index is 2.02. The SMILES string of the molecule is CCOc1ccc(C(N)Cc2cnn(C)c2)cc1. The molecule has 0 bridgehead atoms. The Bertz CT molecular complexity index is 490. The van der Waals surface area contributed by atoms with Crippen molar-refractivity contribution in [1.82, 2.24) is 9.78 Å². The van der Waals surface area contributed by atoms with Gasteiger partial charge in [0.2, 0.25) is 0 Å². The Hall–Kier alpha value is -1.81. The van der Waals surface area contributed by atoms with Crippen molar-refractivity contribution in [2.75, 3.05) is 6.61 Å². The fourth-order valence-electron chi connectivity index (χ4n) is 1.93. The fraction of sp³-hybridized carbons (Fsp3) is 0.357. The van der Waals surface area contributed by atoms with E-state index in [1.165, 1.54) is 0 Å². The summed E-state index contributed by atoms with van der Waals surface area (Å²) in [6.07, 6.45) is 4.64. The molecule has 0 aliphatic carbocycles. The number of aromatic nitrogens is 2. The van der Waals surface area contributed by atoms with Crippen LogP contribution in [0.25, 0.3) is 0 Å². The molecule has 0 fully saturated rings. The van der Waals surface area contributed by atoms with E-state index in [9.17, 15) is 0 Å². The number of hydrogen-bond donors (Lipinski definition) is 1. The van der Waals surface area contributed by atoms with Crippen LogP contribution in [-0.2, 0) is 13.5 Å². The second kappa shape index (κ2) is 5.69. The molecule has 0 aliphatic rings. The molecule has 0 aliphatic heterocycles. The maximum absolute atomic E-state index is 6.18. The zero-order chi connectivity index (χ0) is 13.0. The highest BCUT2D eigenvalue weighted by Gasteiger charge is 2.08. The lowest BCUT2D eigenvalue weighted by Crippen LogP contribution is -2.12. The van der Waals surface area contributed by atoms with Gasteiger partial charge in [-0.1, -0.05) is 12.1 Å². The first-order valence-electron chi connectivity index (χ1n) is 6.15. The summed E-state index contributed by atoms with van der Waals surface area (Å²) in [7, 11) is 1.91. The molecule has 0 radical (unpaired) electrons. The van der Waals surface area contributed by atoms with Gasteiger partial charge in [-0.05, 0) is 36.6 Å². The van der Waals surface area contributed by atoms with E-state index in [-0.39, 0.29) is 6.04 Å². The predicted molar refractivity (Wildman–Crippen MR) is 71.5 cm³/mol. The molecule has 96 valence electrons. The van der Waals surface area contributed by atoms with Gasteiger partial charge in [0.1, 0.15) is 5.75 Å². The van der Waals surface area contributed by atoms with E-state index in [1.807, 2.05) is 50.6 Å². The second-order valence-corrected chi connectivity index (χ2v) is 4.33. The largest absolute Gasteiger partial charge is 0.494 e. The molecule has 2 rings (SSSR count). The molecule has 18 heavy (non-hydrogen) atoms.